The number of carboxylic acid groups (broad SMARTS) is 1. The van der Waals surface area contributed by atoms with Crippen molar-refractivity contribution in [2.24, 2.45) is 5.92 Å². The Morgan fingerprint density at radius 1 is 1.27 bits per heavy atom. The Morgan fingerprint density at radius 2 is 1.93 bits per heavy atom. The first-order valence-electron chi connectivity index (χ1n) is 6.18. The molecule has 0 radical (unpaired) electrons. The first-order chi connectivity index (χ1) is 7.20. The molecule has 0 aromatic carbocycles. The third-order valence-electron chi connectivity index (χ3n) is 4.14. The van der Waals surface area contributed by atoms with Crippen molar-refractivity contribution in [3.8, 4) is 0 Å². The fourth-order valence-electron chi connectivity index (χ4n) is 3.29. The Morgan fingerprint density at radius 3 is 2.67 bits per heavy atom. The van der Waals surface area contributed by atoms with Crippen molar-refractivity contribution >= 4 is 5.97 Å². The summed E-state index contributed by atoms with van der Waals surface area (Å²) in [6, 6.07) is 0.259. The number of carboxylic acids is 1. The van der Waals surface area contributed by atoms with Crippen LogP contribution >= 0.6 is 0 Å². The van der Waals surface area contributed by atoms with Crippen molar-refractivity contribution in [2.45, 2.75) is 57.5 Å². The van der Waals surface area contributed by atoms with Crippen LogP contribution in [-0.2, 0) is 4.79 Å². The van der Waals surface area contributed by atoms with Gasteiger partial charge in [-0.15, -0.1) is 0 Å². The predicted molar refractivity (Wildman–Crippen MR) is 58.8 cm³/mol. The van der Waals surface area contributed by atoms with E-state index in [1.165, 1.54) is 38.5 Å². The number of aliphatic carboxylic acids is 1. The van der Waals surface area contributed by atoms with E-state index in [1.807, 2.05) is 6.92 Å². The Bertz CT molecular complexity index is 240. The van der Waals surface area contributed by atoms with Crippen LogP contribution < -0.4 is 0 Å². The average Bonchev–Trinajstić information content (AvgIpc) is 2.27. The molecule has 86 valence electrons. The number of rotatable bonds is 2. The van der Waals surface area contributed by atoms with Crippen LogP contribution in [0.15, 0.2) is 0 Å². The van der Waals surface area contributed by atoms with Gasteiger partial charge in [0.05, 0.1) is 0 Å². The Labute approximate surface area is 91.5 Å². The van der Waals surface area contributed by atoms with Gasteiger partial charge in [-0.2, -0.15) is 0 Å². The van der Waals surface area contributed by atoms with Crippen molar-refractivity contribution in [1.82, 2.24) is 4.90 Å². The van der Waals surface area contributed by atoms with E-state index < -0.39 is 5.97 Å². The van der Waals surface area contributed by atoms with Crippen LogP contribution in [0.25, 0.3) is 0 Å². The highest BCUT2D eigenvalue weighted by Crippen LogP contribution is 2.36. The fourth-order valence-corrected chi connectivity index (χ4v) is 3.29. The number of hydrogen-bond acceptors (Lipinski definition) is 2. The van der Waals surface area contributed by atoms with E-state index in [9.17, 15) is 4.79 Å². The summed E-state index contributed by atoms with van der Waals surface area (Å²) in [5, 5.41) is 9.08. The van der Waals surface area contributed by atoms with E-state index in [2.05, 4.69) is 4.90 Å². The lowest BCUT2D eigenvalue weighted by molar-refractivity contribution is -0.145. The van der Waals surface area contributed by atoms with Gasteiger partial charge in [-0.1, -0.05) is 12.8 Å². The summed E-state index contributed by atoms with van der Waals surface area (Å²) in [4.78, 5) is 13.3. The molecular formula is C12H21NO2. The van der Waals surface area contributed by atoms with Gasteiger partial charge in [-0.05, 0) is 45.1 Å². The van der Waals surface area contributed by atoms with E-state index in [-0.39, 0.29) is 6.04 Å². The lowest BCUT2D eigenvalue weighted by Crippen LogP contribution is -2.53. The third-order valence-corrected chi connectivity index (χ3v) is 4.14. The molecule has 2 fully saturated rings. The summed E-state index contributed by atoms with van der Waals surface area (Å²) in [6.07, 6.45) is 7.64. The van der Waals surface area contributed by atoms with E-state index in [4.69, 9.17) is 5.11 Å². The standard InChI is InChI=1S/C12H21NO2/c1-9(12(14)15)13-8-4-6-10-5-2-3-7-11(10)13/h9-11H,2-8H2,1H3,(H,14,15). The van der Waals surface area contributed by atoms with Crippen molar-refractivity contribution in [2.75, 3.05) is 6.54 Å². The zero-order chi connectivity index (χ0) is 10.8. The smallest absolute Gasteiger partial charge is 0.320 e. The average molecular weight is 211 g/mol. The summed E-state index contributed by atoms with van der Waals surface area (Å²) < 4.78 is 0. The van der Waals surface area contributed by atoms with E-state index >= 15 is 0 Å². The first kappa shape index (κ1) is 10.9. The second-order valence-corrected chi connectivity index (χ2v) is 5.01. The van der Waals surface area contributed by atoms with Crippen LogP contribution in [0.1, 0.15) is 45.4 Å². The monoisotopic (exact) mass is 211 g/mol. The minimum absolute atomic E-state index is 0.295. The quantitative estimate of drug-likeness (QED) is 0.760. The van der Waals surface area contributed by atoms with Crippen LogP contribution in [0, 0.1) is 5.92 Å². The largest absolute Gasteiger partial charge is 0.480 e. The van der Waals surface area contributed by atoms with Gasteiger partial charge < -0.3 is 5.11 Å². The summed E-state index contributed by atoms with van der Waals surface area (Å²) in [6.45, 7) is 2.81. The lowest BCUT2D eigenvalue weighted by atomic mass is 9.78. The molecule has 2 aliphatic rings. The van der Waals surface area contributed by atoms with Gasteiger partial charge >= 0.3 is 5.97 Å². The van der Waals surface area contributed by atoms with Crippen molar-refractivity contribution < 1.29 is 9.90 Å². The SMILES string of the molecule is CC(C(=O)O)N1CCCC2CCCCC21. The first-order valence-corrected chi connectivity index (χ1v) is 6.18. The van der Waals surface area contributed by atoms with Crippen LogP contribution in [-0.4, -0.2) is 34.6 Å². The Hall–Kier alpha value is -0.570. The highest BCUT2D eigenvalue weighted by Gasteiger charge is 2.37. The third kappa shape index (κ3) is 2.17. The van der Waals surface area contributed by atoms with Crippen molar-refractivity contribution in [3.63, 3.8) is 0 Å². The molecule has 0 bridgehead atoms. The minimum atomic E-state index is -0.666. The predicted octanol–water partition coefficient (Wildman–Crippen LogP) is 2.11. The van der Waals surface area contributed by atoms with Crippen LogP contribution in [0.2, 0.25) is 0 Å². The molecule has 1 aliphatic carbocycles. The second-order valence-electron chi connectivity index (χ2n) is 5.01. The molecule has 1 N–H and O–H groups in total. The maximum Gasteiger partial charge on any atom is 0.320 e. The maximum absolute atomic E-state index is 11.0. The number of carbonyl (C=O) groups is 1. The zero-order valence-corrected chi connectivity index (χ0v) is 9.48. The van der Waals surface area contributed by atoms with E-state index in [1.54, 1.807) is 0 Å². The molecule has 2 rings (SSSR count). The molecule has 0 amide bonds. The maximum atomic E-state index is 11.0. The van der Waals surface area contributed by atoms with Crippen molar-refractivity contribution in [3.05, 3.63) is 0 Å². The highest BCUT2D eigenvalue weighted by molar-refractivity contribution is 5.72. The fraction of sp³-hybridized carbons (Fsp3) is 0.917. The van der Waals surface area contributed by atoms with E-state index in [0.717, 1.165) is 12.5 Å². The molecule has 0 aromatic rings. The van der Waals surface area contributed by atoms with Crippen molar-refractivity contribution in [1.29, 1.82) is 0 Å². The molecule has 15 heavy (non-hydrogen) atoms. The highest BCUT2D eigenvalue weighted by atomic mass is 16.4. The summed E-state index contributed by atoms with van der Waals surface area (Å²) in [5.41, 5.74) is 0. The Balaban J connectivity index is 2.06. The number of hydrogen-bond donors (Lipinski definition) is 1. The van der Waals surface area contributed by atoms with Crippen LogP contribution in [0.4, 0.5) is 0 Å². The van der Waals surface area contributed by atoms with Crippen LogP contribution in [0.5, 0.6) is 0 Å². The summed E-state index contributed by atoms with van der Waals surface area (Å²) >= 11 is 0. The van der Waals surface area contributed by atoms with Gasteiger partial charge in [-0.25, -0.2) is 0 Å². The summed E-state index contributed by atoms with van der Waals surface area (Å²) in [5.74, 6) is 0.107. The molecule has 1 aliphatic heterocycles. The second kappa shape index (κ2) is 4.52. The molecular weight excluding hydrogens is 190 g/mol. The Kier molecular flexibility index (Phi) is 3.29. The molecule has 3 unspecified atom stereocenters. The van der Waals surface area contributed by atoms with Gasteiger partial charge in [0.15, 0.2) is 0 Å². The normalized spacial score (nSPS) is 34.5. The zero-order valence-electron chi connectivity index (χ0n) is 9.48. The van der Waals surface area contributed by atoms with Crippen LogP contribution in [0.3, 0.4) is 0 Å². The molecule has 3 atom stereocenters. The number of piperidine rings is 1. The number of fused-ring (bicyclic) bond motifs is 1. The minimum Gasteiger partial charge on any atom is -0.480 e. The van der Waals surface area contributed by atoms with Gasteiger partial charge in [-0.3, -0.25) is 9.69 Å². The molecule has 3 nitrogen and oxygen atoms in total. The molecule has 0 aromatic heterocycles. The number of likely N-dealkylation sites (tertiary alicyclic amines) is 1. The molecule has 1 saturated heterocycles. The van der Waals surface area contributed by atoms with Gasteiger partial charge in [0, 0.05) is 6.04 Å². The molecule has 0 spiro atoms. The van der Waals surface area contributed by atoms with Gasteiger partial charge in [0.2, 0.25) is 0 Å². The lowest BCUT2D eigenvalue weighted by Gasteiger charge is -2.45. The molecule has 3 heteroatoms. The molecule has 1 saturated carbocycles. The number of nitrogens with zero attached hydrogens (tertiary/aromatic N) is 1. The van der Waals surface area contributed by atoms with Gasteiger partial charge in [0.1, 0.15) is 6.04 Å². The van der Waals surface area contributed by atoms with E-state index in [0.29, 0.717) is 6.04 Å². The van der Waals surface area contributed by atoms with Gasteiger partial charge in [0.25, 0.3) is 0 Å². The topological polar surface area (TPSA) is 40.5 Å². The molecule has 1 heterocycles. The summed E-state index contributed by atoms with van der Waals surface area (Å²) in [7, 11) is 0.